The Balaban J connectivity index is 2.11. The highest BCUT2D eigenvalue weighted by Gasteiger charge is 2.59. The van der Waals surface area contributed by atoms with Crippen LogP contribution in [0.25, 0.3) is 0 Å². The Morgan fingerprint density at radius 2 is 1.58 bits per heavy atom. The predicted molar refractivity (Wildman–Crippen MR) is 37.3 cm³/mol. The Morgan fingerprint density at radius 3 is 2.17 bits per heavy atom. The van der Waals surface area contributed by atoms with Crippen molar-refractivity contribution in [3.63, 3.8) is 0 Å². The number of fused-ring (bicyclic) bond motifs is 1. The van der Waals surface area contributed by atoms with E-state index in [4.69, 9.17) is 9.84 Å². The number of aliphatic hydroxyl groups excluding tert-OH is 4. The fourth-order valence-corrected chi connectivity index (χ4v) is 1.81. The topological polar surface area (TPSA) is 93.5 Å². The molecule has 0 aromatic carbocycles. The third kappa shape index (κ3) is 0.982. The Kier molecular flexibility index (Phi) is 1.85. The van der Waals surface area contributed by atoms with Crippen LogP contribution in [0, 0.1) is 5.92 Å². The summed E-state index contributed by atoms with van der Waals surface area (Å²) in [5, 5.41) is 36.7. The zero-order valence-corrected chi connectivity index (χ0v) is 6.37. The lowest BCUT2D eigenvalue weighted by Crippen LogP contribution is -2.52. The highest BCUT2D eigenvalue weighted by Crippen LogP contribution is 2.40. The number of rotatable bonds is 1. The van der Waals surface area contributed by atoms with Gasteiger partial charge in [0.05, 0.1) is 18.8 Å². The molecule has 70 valence electrons. The summed E-state index contributed by atoms with van der Waals surface area (Å²) >= 11 is 0. The van der Waals surface area contributed by atoms with Crippen molar-refractivity contribution in [3.05, 3.63) is 0 Å². The lowest BCUT2D eigenvalue weighted by atomic mass is 9.83. The number of aliphatic hydroxyl groups is 4. The third-order valence-electron chi connectivity index (χ3n) is 2.67. The molecule has 0 bridgehead atoms. The van der Waals surface area contributed by atoms with Crippen molar-refractivity contribution < 1.29 is 25.2 Å². The van der Waals surface area contributed by atoms with Crippen molar-refractivity contribution in [1.29, 1.82) is 0 Å². The van der Waals surface area contributed by atoms with Gasteiger partial charge in [-0.25, -0.2) is 0 Å². The van der Waals surface area contributed by atoms with Crippen LogP contribution < -0.4 is 0 Å². The lowest BCUT2D eigenvalue weighted by Gasteiger charge is -2.30. The number of ether oxygens (including phenoxy) is 1. The molecule has 1 saturated heterocycles. The maximum absolute atomic E-state index is 9.35. The van der Waals surface area contributed by atoms with Crippen molar-refractivity contribution in [2.75, 3.05) is 6.61 Å². The zero-order chi connectivity index (χ0) is 8.88. The maximum atomic E-state index is 9.35. The average Bonchev–Trinajstić information content (AvgIpc) is 2.81. The molecular formula is C7H12O5. The van der Waals surface area contributed by atoms with Gasteiger partial charge in [0.1, 0.15) is 18.3 Å². The van der Waals surface area contributed by atoms with Crippen LogP contribution in [0.3, 0.4) is 0 Å². The summed E-state index contributed by atoms with van der Waals surface area (Å²) in [6.45, 7) is -0.230. The maximum Gasteiger partial charge on any atom is 0.113 e. The van der Waals surface area contributed by atoms with Gasteiger partial charge in [0, 0.05) is 5.92 Å². The molecule has 2 aliphatic rings. The minimum atomic E-state index is -1.20. The van der Waals surface area contributed by atoms with Gasteiger partial charge >= 0.3 is 0 Å². The molecule has 12 heavy (non-hydrogen) atoms. The summed E-state index contributed by atoms with van der Waals surface area (Å²) in [7, 11) is 0. The van der Waals surface area contributed by atoms with Crippen LogP contribution in [0.2, 0.25) is 0 Å². The van der Waals surface area contributed by atoms with Crippen molar-refractivity contribution in [1.82, 2.24) is 0 Å². The molecule has 0 aromatic heterocycles. The lowest BCUT2D eigenvalue weighted by molar-refractivity contribution is -0.105. The third-order valence-corrected chi connectivity index (χ3v) is 2.67. The first-order valence-corrected chi connectivity index (χ1v) is 3.97. The molecule has 1 aliphatic heterocycles. The molecule has 1 saturated carbocycles. The molecule has 2 rings (SSSR count). The largest absolute Gasteiger partial charge is 0.396 e. The van der Waals surface area contributed by atoms with Crippen LogP contribution in [0.15, 0.2) is 0 Å². The molecule has 0 amide bonds. The minimum absolute atomic E-state index is 0.230. The van der Waals surface area contributed by atoms with E-state index in [0.717, 1.165) is 0 Å². The van der Waals surface area contributed by atoms with Crippen LogP contribution in [-0.2, 0) is 4.74 Å². The first-order valence-electron chi connectivity index (χ1n) is 3.97. The molecule has 0 aromatic rings. The average molecular weight is 176 g/mol. The predicted octanol–water partition coefficient (Wildman–Crippen LogP) is -2.54. The smallest absolute Gasteiger partial charge is 0.113 e. The van der Waals surface area contributed by atoms with E-state index in [0.29, 0.717) is 0 Å². The van der Waals surface area contributed by atoms with Crippen molar-refractivity contribution in [3.8, 4) is 0 Å². The van der Waals surface area contributed by atoms with Crippen molar-refractivity contribution >= 4 is 0 Å². The van der Waals surface area contributed by atoms with Gasteiger partial charge in [-0.3, -0.25) is 0 Å². The van der Waals surface area contributed by atoms with Crippen LogP contribution in [0.4, 0.5) is 0 Å². The van der Waals surface area contributed by atoms with Gasteiger partial charge in [-0.15, -0.1) is 0 Å². The molecule has 1 heterocycles. The van der Waals surface area contributed by atoms with Crippen molar-refractivity contribution in [2.45, 2.75) is 30.5 Å². The fraction of sp³-hybridized carbons (Fsp3) is 1.00. The van der Waals surface area contributed by atoms with Gasteiger partial charge in [0.25, 0.3) is 0 Å². The summed E-state index contributed by atoms with van der Waals surface area (Å²) in [5.74, 6) is -0.464. The van der Waals surface area contributed by atoms with E-state index in [1.807, 2.05) is 0 Å². The molecule has 2 fully saturated rings. The van der Waals surface area contributed by atoms with E-state index in [2.05, 4.69) is 0 Å². The summed E-state index contributed by atoms with van der Waals surface area (Å²) in [6, 6.07) is 0. The molecule has 1 aliphatic carbocycles. The number of epoxide rings is 1. The van der Waals surface area contributed by atoms with E-state index in [-0.39, 0.29) is 12.7 Å². The summed E-state index contributed by atoms with van der Waals surface area (Å²) in [6.07, 6.45) is -4.00. The van der Waals surface area contributed by atoms with Gasteiger partial charge in [-0.2, -0.15) is 0 Å². The zero-order valence-electron chi connectivity index (χ0n) is 6.37. The molecule has 4 N–H and O–H groups in total. The van der Waals surface area contributed by atoms with Gasteiger partial charge in [0.2, 0.25) is 0 Å². The summed E-state index contributed by atoms with van der Waals surface area (Å²) < 4.78 is 5.00. The van der Waals surface area contributed by atoms with Crippen LogP contribution >= 0.6 is 0 Å². The Morgan fingerprint density at radius 1 is 0.917 bits per heavy atom. The van der Waals surface area contributed by atoms with E-state index in [1.165, 1.54) is 0 Å². The van der Waals surface area contributed by atoms with Crippen LogP contribution in [0.5, 0.6) is 0 Å². The fourth-order valence-electron chi connectivity index (χ4n) is 1.81. The summed E-state index contributed by atoms with van der Waals surface area (Å²) in [4.78, 5) is 0. The van der Waals surface area contributed by atoms with Gasteiger partial charge < -0.3 is 25.2 Å². The Hall–Kier alpha value is -0.200. The molecule has 0 unspecified atom stereocenters. The molecule has 0 spiro atoms. The molecular weight excluding hydrogens is 164 g/mol. The van der Waals surface area contributed by atoms with E-state index >= 15 is 0 Å². The normalized spacial score (nSPS) is 58.0. The molecule has 6 atom stereocenters. The standard InChI is InChI=1S/C7H12O5/c8-1-2-3(9)4(10)5(11)7-6(2)12-7/h2-11H,1H2/t2-,3+,4+,5-,6+,7-/m1/s1. The minimum Gasteiger partial charge on any atom is -0.396 e. The molecule has 5 heteroatoms. The van der Waals surface area contributed by atoms with Gasteiger partial charge in [0.15, 0.2) is 0 Å². The quantitative estimate of drug-likeness (QED) is 0.330. The number of hydrogen-bond donors (Lipinski definition) is 4. The highest BCUT2D eigenvalue weighted by atomic mass is 16.6. The van der Waals surface area contributed by atoms with Gasteiger partial charge in [-0.05, 0) is 0 Å². The summed E-state index contributed by atoms with van der Waals surface area (Å²) in [5.41, 5.74) is 0. The Bertz CT molecular complexity index is 185. The molecule has 0 radical (unpaired) electrons. The molecule has 5 nitrogen and oxygen atoms in total. The first kappa shape index (κ1) is 8.40. The second-order valence-electron chi connectivity index (χ2n) is 3.38. The second-order valence-corrected chi connectivity index (χ2v) is 3.38. The SMILES string of the molecule is OC[C@@H]1[C@H](O)[C@H](O)[C@@H](O)[C@H]2O[C@@H]12. The van der Waals surface area contributed by atoms with Crippen LogP contribution in [0.1, 0.15) is 0 Å². The highest BCUT2D eigenvalue weighted by molar-refractivity contribution is 5.07. The van der Waals surface area contributed by atoms with E-state index < -0.39 is 30.3 Å². The first-order chi connectivity index (χ1) is 5.66. The number of hydrogen-bond acceptors (Lipinski definition) is 5. The second kappa shape index (κ2) is 2.65. The van der Waals surface area contributed by atoms with Crippen LogP contribution in [-0.4, -0.2) is 57.6 Å². The monoisotopic (exact) mass is 176 g/mol. The van der Waals surface area contributed by atoms with Crippen molar-refractivity contribution in [2.24, 2.45) is 5.92 Å². The van der Waals surface area contributed by atoms with E-state index in [1.54, 1.807) is 0 Å². The Labute approximate surface area is 69.2 Å². The van der Waals surface area contributed by atoms with E-state index in [9.17, 15) is 15.3 Å². The van der Waals surface area contributed by atoms with Gasteiger partial charge in [-0.1, -0.05) is 0 Å².